The molecule has 0 spiro atoms. The number of hydrogen-bond donors (Lipinski definition) is 2. The van der Waals surface area contributed by atoms with Gasteiger partial charge in [-0.2, -0.15) is 11.8 Å². The van der Waals surface area contributed by atoms with Crippen LogP contribution in [0, 0.1) is 5.92 Å². The zero-order valence-corrected chi connectivity index (χ0v) is 17.2. The fourth-order valence-electron chi connectivity index (χ4n) is 4.00. The fourth-order valence-corrected chi connectivity index (χ4v) is 5.54. The molecule has 1 aromatic rings. The van der Waals surface area contributed by atoms with Gasteiger partial charge >= 0.3 is 0 Å². The highest BCUT2D eigenvalue weighted by Crippen LogP contribution is 2.28. The molecule has 0 aromatic carbocycles. The summed E-state index contributed by atoms with van der Waals surface area (Å²) in [6, 6.07) is 5.00. The first-order valence-electron chi connectivity index (χ1n) is 9.51. The van der Waals surface area contributed by atoms with Gasteiger partial charge in [0.1, 0.15) is 0 Å². The second-order valence-electron chi connectivity index (χ2n) is 7.29. The molecule has 1 aliphatic carbocycles. The molecule has 0 amide bonds. The molecule has 0 bridgehead atoms. The summed E-state index contributed by atoms with van der Waals surface area (Å²) >= 11 is 3.87. The highest BCUT2D eigenvalue weighted by atomic mass is 32.2. The third kappa shape index (κ3) is 5.90. The Kier molecular flexibility index (Phi) is 7.49. The van der Waals surface area contributed by atoms with Gasteiger partial charge in [-0.05, 0) is 62.3 Å². The van der Waals surface area contributed by atoms with Gasteiger partial charge in [-0.1, -0.05) is 6.07 Å². The maximum absolute atomic E-state index is 4.44. The second kappa shape index (κ2) is 9.83. The van der Waals surface area contributed by atoms with E-state index in [1.54, 1.807) is 0 Å². The third-order valence-corrected chi connectivity index (χ3v) is 7.36. The van der Waals surface area contributed by atoms with Crippen molar-refractivity contribution in [3.63, 3.8) is 0 Å². The lowest BCUT2D eigenvalue weighted by Crippen LogP contribution is -2.46. The van der Waals surface area contributed by atoms with E-state index in [-0.39, 0.29) is 0 Å². The number of thiophene rings is 1. The van der Waals surface area contributed by atoms with Crippen molar-refractivity contribution in [3.05, 3.63) is 22.4 Å². The maximum atomic E-state index is 4.44. The van der Waals surface area contributed by atoms with E-state index in [4.69, 9.17) is 0 Å². The highest BCUT2D eigenvalue weighted by molar-refractivity contribution is 7.99. The Morgan fingerprint density at radius 3 is 3.04 bits per heavy atom. The smallest absolute Gasteiger partial charge is 0.191 e. The van der Waals surface area contributed by atoms with Crippen LogP contribution in [0.15, 0.2) is 22.5 Å². The number of guanidine groups is 1. The molecule has 3 unspecified atom stereocenters. The molecule has 2 aliphatic rings. The molecule has 3 rings (SSSR count). The van der Waals surface area contributed by atoms with Crippen LogP contribution in [-0.2, 0) is 6.54 Å². The summed E-state index contributed by atoms with van der Waals surface area (Å²) in [7, 11) is 1.89. The van der Waals surface area contributed by atoms with Crippen molar-refractivity contribution < 1.29 is 0 Å². The Morgan fingerprint density at radius 1 is 1.40 bits per heavy atom. The van der Waals surface area contributed by atoms with Gasteiger partial charge in [0.2, 0.25) is 0 Å². The predicted molar refractivity (Wildman–Crippen MR) is 112 cm³/mol. The van der Waals surface area contributed by atoms with Crippen LogP contribution in [0.3, 0.4) is 0 Å². The Labute approximate surface area is 160 Å². The summed E-state index contributed by atoms with van der Waals surface area (Å²) in [5, 5.41) is 10.2. The van der Waals surface area contributed by atoms with Gasteiger partial charge in [0.25, 0.3) is 0 Å². The SMILES string of the molecule is CN=C(NCC1CCCN(Cc2cccs2)C1)NC1CCC(SC)C1. The molecular formula is C19H32N4S2. The summed E-state index contributed by atoms with van der Waals surface area (Å²) in [6.45, 7) is 4.57. The standard InChI is InChI=1S/C19H32N4S2/c1-20-19(22-16-7-8-17(11-16)24-2)21-12-15-5-3-9-23(13-15)14-18-6-4-10-25-18/h4,6,10,15-17H,3,5,7-9,11-14H2,1-2H3,(H2,20,21,22). The average Bonchev–Trinajstić information content (AvgIpc) is 3.30. The van der Waals surface area contributed by atoms with Gasteiger partial charge < -0.3 is 10.6 Å². The van der Waals surface area contributed by atoms with Crippen molar-refractivity contribution >= 4 is 29.1 Å². The van der Waals surface area contributed by atoms with E-state index < -0.39 is 0 Å². The molecular weight excluding hydrogens is 348 g/mol. The van der Waals surface area contributed by atoms with Crippen LogP contribution < -0.4 is 10.6 Å². The highest BCUT2D eigenvalue weighted by Gasteiger charge is 2.25. The Hall–Kier alpha value is -0.720. The molecule has 25 heavy (non-hydrogen) atoms. The lowest BCUT2D eigenvalue weighted by atomic mass is 9.98. The number of piperidine rings is 1. The first-order chi connectivity index (χ1) is 12.3. The lowest BCUT2D eigenvalue weighted by Gasteiger charge is -2.33. The number of likely N-dealkylation sites (tertiary alicyclic amines) is 1. The number of nitrogens with zero attached hydrogens (tertiary/aromatic N) is 2. The van der Waals surface area contributed by atoms with Gasteiger partial charge in [-0.25, -0.2) is 0 Å². The normalized spacial score (nSPS) is 28.2. The van der Waals surface area contributed by atoms with Gasteiger partial charge in [0, 0.05) is 42.9 Å². The van der Waals surface area contributed by atoms with E-state index >= 15 is 0 Å². The minimum atomic E-state index is 0.588. The summed E-state index contributed by atoms with van der Waals surface area (Å²) in [6.07, 6.45) is 8.72. The van der Waals surface area contributed by atoms with Crippen LogP contribution in [0.25, 0.3) is 0 Å². The molecule has 140 valence electrons. The van der Waals surface area contributed by atoms with Crippen molar-refractivity contribution in [1.82, 2.24) is 15.5 Å². The van der Waals surface area contributed by atoms with Crippen LogP contribution >= 0.6 is 23.1 Å². The van der Waals surface area contributed by atoms with Crippen LogP contribution in [-0.4, -0.2) is 55.1 Å². The van der Waals surface area contributed by atoms with E-state index in [1.807, 2.05) is 30.1 Å². The topological polar surface area (TPSA) is 39.7 Å². The largest absolute Gasteiger partial charge is 0.356 e. The summed E-state index contributed by atoms with van der Waals surface area (Å²) < 4.78 is 0. The molecule has 2 N–H and O–H groups in total. The van der Waals surface area contributed by atoms with Crippen molar-refractivity contribution in [2.75, 3.05) is 32.9 Å². The average molecular weight is 381 g/mol. The van der Waals surface area contributed by atoms with E-state index in [2.05, 4.69) is 44.3 Å². The molecule has 2 heterocycles. The lowest BCUT2D eigenvalue weighted by molar-refractivity contribution is 0.169. The van der Waals surface area contributed by atoms with E-state index in [0.717, 1.165) is 30.2 Å². The van der Waals surface area contributed by atoms with Crippen LogP contribution in [0.5, 0.6) is 0 Å². The molecule has 6 heteroatoms. The van der Waals surface area contributed by atoms with Gasteiger partial charge in [0.15, 0.2) is 5.96 Å². The number of hydrogen-bond acceptors (Lipinski definition) is 4. The van der Waals surface area contributed by atoms with E-state index in [1.165, 1.54) is 50.1 Å². The molecule has 3 atom stereocenters. The van der Waals surface area contributed by atoms with Crippen LogP contribution in [0.1, 0.15) is 37.0 Å². The molecule has 1 aliphatic heterocycles. The molecule has 4 nitrogen and oxygen atoms in total. The number of nitrogens with one attached hydrogen (secondary N) is 2. The van der Waals surface area contributed by atoms with Gasteiger partial charge in [-0.3, -0.25) is 9.89 Å². The summed E-state index contributed by atoms with van der Waals surface area (Å²) in [5.74, 6) is 1.71. The van der Waals surface area contributed by atoms with Crippen LogP contribution in [0.2, 0.25) is 0 Å². The van der Waals surface area contributed by atoms with Crippen molar-refractivity contribution in [2.24, 2.45) is 10.9 Å². The maximum Gasteiger partial charge on any atom is 0.191 e. The molecule has 1 saturated heterocycles. The van der Waals surface area contributed by atoms with Crippen molar-refractivity contribution in [3.8, 4) is 0 Å². The zero-order valence-electron chi connectivity index (χ0n) is 15.5. The Bertz CT molecular complexity index is 532. The minimum absolute atomic E-state index is 0.588. The predicted octanol–water partition coefficient (Wildman–Crippen LogP) is 3.41. The van der Waals surface area contributed by atoms with Crippen molar-refractivity contribution in [2.45, 2.75) is 49.9 Å². The van der Waals surface area contributed by atoms with E-state index in [0.29, 0.717) is 6.04 Å². The van der Waals surface area contributed by atoms with Crippen LogP contribution in [0.4, 0.5) is 0 Å². The third-order valence-electron chi connectivity index (χ3n) is 5.40. The van der Waals surface area contributed by atoms with Gasteiger partial charge in [0.05, 0.1) is 0 Å². The molecule has 0 radical (unpaired) electrons. The number of thioether (sulfide) groups is 1. The monoisotopic (exact) mass is 380 g/mol. The Morgan fingerprint density at radius 2 is 2.32 bits per heavy atom. The number of aliphatic imine (C=N–C) groups is 1. The first kappa shape index (κ1) is 19.1. The fraction of sp³-hybridized carbons (Fsp3) is 0.737. The minimum Gasteiger partial charge on any atom is -0.356 e. The second-order valence-corrected chi connectivity index (χ2v) is 9.46. The Balaban J connectivity index is 1.40. The van der Waals surface area contributed by atoms with Gasteiger partial charge in [-0.15, -0.1) is 11.3 Å². The molecule has 2 fully saturated rings. The van der Waals surface area contributed by atoms with E-state index in [9.17, 15) is 0 Å². The zero-order chi connectivity index (χ0) is 17.5. The molecule has 1 saturated carbocycles. The summed E-state index contributed by atoms with van der Waals surface area (Å²) in [5.41, 5.74) is 0. The first-order valence-corrected chi connectivity index (χ1v) is 11.7. The molecule has 1 aromatic heterocycles. The summed E-state index contributed by atoms with van der Waals surface area (Å²) in [4.78, 5) is 8.53. The quantitative estimate of drug-likeness (QED) is 0.586. The van der Waals surface area contributed by atoms with Crippen molar-refractivity contribution in [1.29, 1.82) is 0 Å². The number of rotatable bonds is 6.